The Hall–Kier alpha value is -0.930. The molecule has 1 unspecified atom stereocenters. The van der Waals surface area contributed by atoms with Crippen molar-refractivity contribution in [3.8, 4) is 0 Å². The zero-order chi connectivity index (χ0) is 13.3. The molecule has 2 rings (SSSR count). The molecule has 98 valence electrons. The third kappa shape index (κ3) is 3.09. The van der Waals surface area contributed by atoms with Gasteiger partial charge in [0.25, 0.3) is 0 Å². The zero-order valence-electron chi connectivity index (χ0n) is 11.4. The summed E-state index contributed by atoms with van der Waals surface area (Å²) in [4.78, 5) is 0. The highest BCUT2D eigenvalue weighted by atomic mass is 32.2. The molecule has 1 N–H and O–H groups in total. The Labute approximate surface area is 112 Å². The van der Waals surface area contributed by atoms with Crippen LogP contribution >= 0.6 is 11.8 Å². The fraction of sp³-hybridized carbons (Fsp3) is 0.467. The van der Waals surface area contributed by atoms with Gasteiger partial charge in [0.2, 0.25) is 0 Å². The lowest BCUT2D eigenvalue weighted by molar-refractivity contribution is 0.176. The number of thioether (sulfide) groups is 1. The average Bonchev–Trinajstić information content (AvgIpc) is 2.70. The van der Waals surface area contributed by atoms with Crippen molar-refractivity contribution in [2.24, 2.45) is 0 Å². The van der Waals surface area contributed by atoms with Gasteiger partial charge in [-0.2, -0.15) is 11.8 Å². The maximum atomic E-state index is 10.2. The van der Waals surface area contributed by atoms with Gasteiger partial charge < -0.3 is 9.52 Å². The van der Waals surface area contributed by atoms with E-state index in [1.54, 1.807) is 11.8 Å². The Morgan fingerprint density at radius 2 is 2.06 bits per heavy atom. The molecule has 0 amide bonds. The van der Waals surface area contributed by atoms with E-state index in [0.29, 0.717) is 11.5 Å². The van der Waals surface area contributed by atoms with Crippen molar-refractivity contribution in [3.63, 3.8) is 0 Å². The minimum absolute atomic E-state index is 0.156. The van der Waals surface area contributed by atoms with E-state index >= 15 is 0 Å². The second kappa shape index (κ2) is 4.98. The summed E-state index contributed by atoms with van der Waals surface area (Å²) in [7, 11) is 0. The minimum atomic E-state index is -0.541. The van der Waals surface area contributed by atoms with Gasteiger partial charge in [-0.25, -0.2) is 0 Å². The van der Waals surface area contributed by atoms with Crippen LogP contribution in [0.3, 0.4) is 0 Å². The van der Waals surface area contributed by atoms with Crippen LogP contribution < -0.4 is 0 Å². The zero-order valence-corrected chi connectivity index (χ0v) is 12.2. The summed E-state index contributed by atoms with van der Waals surface area (Å²) in [5.41, 5.74) is 1.99. The molecule has 1 aromatic heterocycles. The Morgan fingerprint density at radius 1 is 1.33 bits per heavy atom. The highest BCUT2D eigenvalue weighted by Gasteiger charge is 2.18. The summed E-state index contributed by atoms with van der Waals surface area (Å²) in [5.74, 6) is 1.32. The normalized spacial score (nSPS) is 14.1. The summed E-state index contributed by atoms with van der Waals surface area (Å²) < 4.78 is 5.92. The van der Waals surface area contributed by atoms with Crippen LogP contribution in [0.2, 0.25) is 0 Å². The van der Waals surface area contributed by atoms with E-state index in [2.05, 4.69) is 20.8 Å². The number of fused-ring (bicyclic) bond motifs is 1. The molecule has 3 heteroatoms. The number of benzene rings is 1. The quantitative estimate of drug-likeness (QED) is 0.897. The number of para-hydroxylation sites is 1. The van der Waals surface area contributed by atoms with Crippen LogP contribution in [0.1, 0.15) is 38.2 Å². The first kappa shape index (κ1) is 13.5. The van der Waals surface area contributed by atoms with Crippen molar-refractivity contribution in [3.05, 3.63) is 35.6 Å². The number of aryl methyl sites for hydroxylation is 1. The Morgan fingerprint density at radius 3 is 2.67 bits per heavy atom. The van der Waals surface area contributed by atoms with E-state index in [-0.39, 0.29) is 4.75 Å². The van der Waals surface area contributed by atoms with Gasteiger partial charge in [0, 0.05) is 15.9 Å². The second-order valence-electron chi connectivity index (χ2n) is 5.58. The van der Waals surface area contributed by atoms with E-state index < -0.39 is 6.10 Å². The molecule has 1 atom stereocenters. The lowest BCUT2D eigenvalue weighted by atomic mass is 10.2. The van der Waals surface area contributed by atoms with Gasteiger partial charge in [0.15, 0.2) is 0 Å². The van der Waals surface area contributed by atoms with Crippen LogP contribution in [0.5, 0.6) is 0 Å². The Balaban J connectivity index is 2.18. The maximum absolute atomic E-state index is 10.2. The van der Waals surface area contributed by atoms with Gasteiger partial charge in [-0.3, -0.25) is 0 Å². The number of furan rings is 1. The molecular weight excluding hydrogens is 244 g/mol. The summed E-state index contributed by atoms with van der Waals surface area (Å²) in [6.07, 6.45) is -0.541. The number of aliphatic hydroxyl groups excluding tert-OH is 1. The van der Waals surface area contributed by atoms with E-state index in [4.69, 9.17) is 4.42 Å². The molecule has 0 radical (unpaired) electrons. The molecule has 0 saturated carbocycles. The molecule has 0 aliphatic rings. The average molecular weight is 264 g/mol. The molecule has 0 spiro atoms. The van der Waals surface area contributed by atoms with Gasteiger partial charge >= 0.3 is 0 Å². The van der Waals surface area contributed by atoms with Crippen LogP contribution in [-0.4, -0.2) is 15.6 Å². The van der Waals surface area contributed by atoms with Gasteiger partial charge in [0.1, 0.15) is 17.4 Å². The van der Waals surface area contributed by atoms with Crippen LogP contribution in [0.25, 0.3) is 11.0 Å². The number of hydrogen-bond donors (Lipinski definition) is 1. The number of hydrogen-bond acceptors (Lipinski definition) is 3. The first-order valence-corrected chi connectivity index (χ1v) is 7.16. The molecule has 0 aliphatic carbocycles. The third-order valence-electron chi connectivity index (χ3n) is 2.76. The van der Waals surface area contributed by atoms with E-state index in [1.165, 1.54) is 0 Å². The first-order valence-electron chi connectivity index (χ1n) is 6.18. The molecular formula is C15H20O2S. The maximum Gasteiger partial charge on any atom is 0.137 e. The van der Waals surface area contributed by atoms with Crippen LogP contribution in [0.15, 0.2) is 28.7 Å². The van der Waals surface area contributed by atoms with Crippen LogP contribution in [0, 0.1) is 6.92 Å². The number of aliphatic hydroxyl groups is 1. The fourth-order valence-electron chi connectivity index (χ4n) is 1.80. The van der Waals surface area contributed by atoms with E-state index in [9.17, 15) is 5.11 Å². The highest BCUT2D eigenvalue weighted by molar-refractivity contribution is 8.00. The lowest BCUT2D eigenvalue weighted by Crippen LogP contribution is -2.11. The van der Waals surface area contributed by atoms with Gasteiger partial charge in [0.05, 0.1) is 0 Å². The molecule has 1 heterocycles. The molecule has 18 heavy (non-hydrogen) atoms. The van der Waals surface area contributed by atoms with Crippen molar-refractivity contribution in [2.75, 3.05) is 5.75 Å². The van der Waals surface area contributed by atoms with Crippen LogP contribution in [-0.2, 0) is 0 Å². The summed E-state index contributed by atoms with van der Waals surface area (Å²) in [6, 6.07) is 7.98. The topological polar surface area (TPSA) is 33.4 Å². The Bertz CT molecular complexity index is 537. The smallest absolute Gasteiger partial charge is 0.137 e. The lowest BCUT2D eigenvalue weighted by Gasteiger charge is -2.19. The molecule has 2 aromatic rings. The minimum Gasteiger partial charge on any atom is -0.458 e. The Kier molecular flexibility index (Phi) is 3.74. The van der Waals surface area contributed by atoms with Crippen LogP contribution in [0.4, 0.5) is 0 Å². The molecule has 0 saturated heterocycles. The molecule has 1 aromatic carbocycles. The van der Waals surface area contributed by atoms with Crippen molar-refractivity contribution in [1.29, 1.82) is 0 Å². The molecule has 2 nitrogen and oxygen atoms in total. The van der Waals surface area contributed by atoms with Gasteiger partial charge in [-0.15, -0.1) is 0 Å². The van der Waals surface area contributed by atoms with Crippen molar-refractivity contribution < 1.29 is 9.52 Å². The monoisotopic (exact) mass is 264 g/mol. The molecule has 0 fully saturated rings. The largest absolute Gasteiger partial charge is 0.458 e. The first-order chi connectivity index (χ1) is 8.37. The van der Waals surface area contributed by atoms with Crippen molar-refractivity contribution in [2.45, 2.75) is 38.5 Å². The summed E-state index contributed by atoms with van der Waals surface area (Å²) in [6.45, 7) is 8.46. The number of rotatable bonds is 3. The van der Waals surface area contributed by atoms with Crippen molar-refractivity contribution >= 4 is 22.7 Å². The summed E-state index contributed by atoms with van der Waals surface area (Å²) in [5, 5.41) is 11.2. The highest BCUT2D eigenvalue weighted by Crippen LogP contribution is 2.31. The van der Waals surface area contributed by atoms with E-state index in [1.807, 2.05) is 31.2 Å². The van der Waals surface area contributed by atoms with Gasteiger partial charge in [-0.05, 0) is 18.6 Å². The predicted octanol–water partition coefficient (Wildman–Crippen LogP) is 4.31. The molecule has 0 aliphatic heterocycles. The van der Waals surface area contributed by atoms with Crippen molar-refractivity contribution in [1.82, 2.24) is 0 Å². The second-order valence-corrected chi connectivity index (χ2v) is 7.43. The standard InChI is InChI=1S/C15H20O2S/c1-10-6-5-7-11-8-13(17-14(10)11)12(16)9-18-15(2,3)4/h5-8,12,16H,9H2,1-4H3. The predicted molar refractivity (Wildman–Crippen MR) is 78.1 cm³/mol. The van der Waals surface area contributed by atoms with Gasteiger partial charge in [-0.1, -0.05) is 39.0 Å². The summed E-state index contributed by atoms with van der Waals surface area (Å²) >= 11 is 1.74. The fourth-order valence-corrected chi connectivity index (χ4v) is 2.63. The SMILES string of the molecule is Cc1cccc2cc(C(O)CSC(C)(C)C)oc12. The van der Waals surface area contributed by atoms with E-state index in [0.717, 1.165) is 16.5 Å². The molecule has 0 bridgehead atoms. The third-order valence-corrected chi connectivity index (χ3v) is 4.11.